The van der Waals surface area contributed by atoms with E-state index in [0.717, 1.165) is 11.1 Å². The van der Waals surface area contributed by atoms with Crippen LogP contribution in [0.3, 0.4) is 0 Å². The highest BCUT2D eigenvalue weighted by Crippen LogP contribution is 2.17. The van der Waals surface area contributed by atoms with Crippen LogP contribution in [-0.4, -0.2) is 25.7 Å². The maximum Gasteiger partial charge on any atom is 0.251 e. The minimum Gasteiger partial charge on any atom is -0.346 e. The molecule has 0 fully saturated rings. The van der Waals surface area contributed by atoms with E-state index >= 15 is 0 Å². The molecular weight excluding hydrogens is 403 g/mol. The fourth-order valence-corrected chi connectivity index (χ4v) is 4.17. The number of rotatable bonds is 7. The number of halogens is 1. The van der Waals surface area contributed by atoms with Crippen LogP contribution in [0.5, 0.6) is 0 Å². The van der Waals surface area contributed by atoms with Crippen LogP contribution >= 0.6 is 0 Å². The zero-order valence-electron chi connectivity index (χ0n) is 16.7. The van der Waals surface area contributed by atoms with E-state index in [1.807, 2.05) is 6.92 Å². The molecule has 156 valence electrons. The smallest absolute Gasteiger partial charge is 0.251 e. The van der Waals surface area contributed by atoms with E-state index in [2.05, 4.69) is 5.32 Å². The van der Waals surface area contributed by atoms with Gasteiger partial charge in [-0.3, -0.25) is 4.79 Å². The number of carbonyl (C=O) groups is 1. The summed E-state index contributed by atoms with van der Waals surface area (Å²) in [4.78, 5) is 12.7. The lowest BCUT2D eigenvalue weighted by atomic mass is 10.1. The summed E-state index contributed by atoms with van der Waals surface area (Å²) in [6, 6.07) is 20.7. The third-order valence-electron chi connectivity index (χ3n) is 4.79. The predicted octanol–water partition coefficient (Wildman–Crippen LogP) is 4.14. The summed E-state index contributed by atoms with van der Waals surface area (Å²) in [5.41, 5.74) is 2.02. The van der Waals surface area contributed by atoms with E-state index in [4.69, 9.17) is 0 Å². The maximum atomic E-state index is 13.0. The molecule has 1 atom stereocenters. The Labute approximate surface area is 176 Å². The summed E-state index contributed by atoms with van der Waals surface area (Å²) < 4.78 is 39.6. The average molecular weight is 427 g/mol. The van der Waals surface area contributed by atoms with Gasteiger partial charge >= 0.3 is 0 Å². The lowest BCUT2D eigenvalue weighted by molar-refractivity contribution is 0.0940. The van der Waals surface area contributed by atoms with Gasteiger partial charge in [0.15, 0.2) is 0 Å². The van der Waals surface area contributed by atoms with Gasteiger partial charge in [-0.15, -0.1) is 0 Å². The van der Waals surface area contributed by atoms with Gasteiger partial charge in [-0.1, -0.05) is 42.5 Å². The summed E-state index contributed by atoms with van der Waals surface area (Å²) in [5, 5.41) is 2.87. The van der Waals surface area contributed by atoms with Crippen molar-refractivity contribution >= 4 is 15.9 Å². The molecule has 0 saturated heterocycles. The zero-order valence-corrected chi connectivity index (χ0v) is 17.6. The standard InChI is InChI=1S/C23H23FN2O3S/c1-17(19-12-14-21(24)15-13-19)25-23(27)20-10-8-18(9-11-20)16-26(2)30(28,29)22-6-4-3-5-7-22/h3-15,17H,16H2,1-2H3,(H,25,27)/t17-/m0/s1. The predicted molar refractivity (Wildman–Crippen MR) is 114 cm³/mol. The zero-order chi connectivity index (χ0) is 21.7. The third-order valence-corrected chi connectivity index (χ3v) is 6.61. The molecule has 0 aliphatic rings. The molecule has 0 unspecified atom stereocenters. The van der Waals surface area contributed by atoms with Gasteiger partial charge in [0.2, 0.25) is 10.0 Å². The molecule has 3 aromatic rings. The summed E-state index contributed by atoms with van der Waals surface area (Å²) in [6.45, 7) is 2.01. The largest absolute Gasteiger partial charge is 0.346 e. The van der Waals surface area contributed by atoms with Crippen molar-refractivity contribution in [1.82, 2.24) is 9.62 Å². The summed E-state index contributed by atoms with van der Waals surface area (Å²) >= 11 is 0. The fraction of sp³-hybridized carbons (Fsp3) is 0.174. The fourth-order valence-electron chi connectivity index (χ4n) is 2.99. The highest BCUT2D eigenvalue weighted by Gasteiger charge is 2.20. The molecule has 0 spiro atoms. The summed E-state index contributed by atoms with van der Waals surface area (Å²) in [5.74, 6) is -0.587. The molecule has 0 heterocycles. The Morgan fingerprint density at radius 3 is 2.17 bits per heavy atom. The highest BCUT2D eigenvalue weighted by atomic mass is 32.2. The van der Waals surface area contributed by atoms with Crippen LogP contribution in [0.15, 0.2) is 83.8 Å². The molecule has 0 aliphatic heterocycles. The Morgan fingerprint density at radius 2 is 1.57 bits per heavy atom. The van der Waals surface area contributed by atoms with Crippen LogP contribution < -0.4 is 5.32 Å². The van der Waals surface area contributed by atoms with Gasteiger partial charge in [0.25, 0.3) is 5.91 Å². The Hall–Kier alpha value is -3.03. The normalized spacial score (nSPS) is 12.5. The van der Waals surface area contributed by atoms with Crippen LogP contribution in [0.4, 0.5) is 4.39 Å². The van der Waals surface area contributed by atoms with Crippen molar-refractivity contribution in [2.45, 2.75) is 24.4 Å². The van der Waals surface area contributed by atoms with Gasteiger partial charge in [-0.2, -0.15) is 4.31 Å². The number of benzene rings is 3. The molecule has 1 N–H and O–H groups in total. The van der Waals surface area contributed by atoms with Crippen LogP contribution in [0.1, 0.15) is 34.5 Å². The maximum absolute atomic E-state index is 13.0. The van der Waals surface area contributed by atoms with Crippen LogP contribution in [0, 0.1) is 5.82 Å². The third kappa shape index (κ3) is 5.11. The first kappa shape index (κ1) is 21.7. The summed E-state index contributed by atoms with van der Waals surface area (Å²) in [6.07, 6.45) is 0. The molecule has 0 aromatic heterocycles. The van der Waals surface area contributed by atoms with Crippen LogP contribution in [-0.2, 0) is 16.6 Å². The Kier molecular flexibility index (Phi) is 6.64. The number of sulfonamides is 1. The topological polar surface area (TPSA) is 66.5 Å². The van der Waals surface area contributed by atoms with Gasteiger partial charge in [0.05, 0.1) is 10.9 Å². The number of hydrogen-bond acceptors (Lipinski definition) is 3. The van der Waals surface area contributed by atoms with Gasteiger partial charge in [0, 0.05) is 19.2 Å². The first-order valence-corrected chi connectivity index (χ1v) is 10.9. The van der Waals surface area contributed by atoms with Crippen molar-refractivity contribution in [3.8, 4) is 0 Å². The molecule has 30 heavy (non-hydrogen) atoms. The van der Waals surface area contributed by atoms with E-state index in [1.165, 1.54) is 23.5 Å². The Morgan fingerprint density at radius 1 is 0.967 bits per heavy atom. The van der Waals surface area contributed by atoms with Crippen molar-refractivity contribution in [3.63, 3.8) is 0 Å². The average Bonchev–Trinajstić information content (AvgIpc) is 2.75. The number of amides is 1. The van der Waals surface area contributed by atoms with Crippen molar-refractivity contribution in [1.29, 1.82) is 0 Å². The molecule has 7 heteroatoms. The molecule has 3 aromatic carbocycles. The van der Waals surface area contributed by atoms with E-state index in [-0.39, 0.29) is 29.2 Å². The summed E-state index contributed by atoms with van der Waals surface area (Å²) in [7, 11) is -2.06. The second-order valence-electron chi connectivity index (χ2n) is 7.02. The SMILES string of the molecule is C[C@H](NC(=O)c1ccc(CN(C)S(=O)(=O)c2ccccc2)cc1)c1ccc(F)cc1. The van der Waals surface area contributed by atoms with E-state index < -0.39 is 10.0 Å². The quantitative estimate of drug-likeness (QED) is 0.618. The minimum atomic E-state index is -3.59. The first-order chi connectivity index (χ1) is 14.3. The second kappa shape index (κ2) is 9.19. The molecule has 5 nitrogen and oxygen atoms in total. The Bertz CT molecular complexity index is 1100. The van der Waals surface area contributed by atoms with Gasteiger partial charge in [-0.05, 0) is 54.4 Å². The van der Waals surface area contributed by atoms with Crippen molar-refractivity contribution in [2.75, 3.05) is 7.05 Å². The van der Waals surface area contributed by atoms with Crippen molar-refractivity contribution < 1.29 is 17.6 Å². The first-order valence-electron chi connectivity index (χ1n) is 9.44. The Balaban J connectivity index is 1.64. The lowest BCUT2D eigenvalue weighted by Crippen LogP contribution is -2.27. The van der Waals surface area contributed by atoms with Gasteiger partial charge in [0.1, 0.15) is 5.82 Å². The van der Waals surface area contributed by atoms with Gasteiger partial charge in [-0.25, -0.2) is 12.8 Å². The van der Waals surface area contributed by atoms with E-state index in [9.17, 15) is 17.6 Å². The molecular formula is C23H23FN2O3S. The van der Waals surface area contributed by atoms with Crippen molar-refractivity contribution in [2.24, 2.45) is 0 Å². The van der Waals surface area contributed by atoms with Crippen molar-refractivity contribution in [3.05, 3.63) is 101 Å². The number of nitrogens with zero attached hydrogens (tertiary/aromatic N) is 1. The number of nitrogens with one attached hydrogen (secondary N) is 1. The second-order valence-corrected chi connectivity index (χ2v) is 9.06. The number of hydrogen-bond donors (Lipinski definition) is 1. The molecule has 0 saturated carbocycles. The highest BCUT2D eigenvalue weighted by molar-refractivity contribution is 7.89. The lowest BCUT2D eigenvalue weighted by Gasteiger charge is -2.18. The van der Waals surface area contributed by atoms with Gasteiger partial charge < -0.3 is 5.32 Å². The number of carbonyl (C=O) groups excluding carboxylic acids is 1. The molecule has 0 radical (unpaired) electrons. The van der Waals surface area contributed by atoms with E-state index in [0.29, 0.717) is 5.56 Å². The molecule has 0 aliphatic carbocycles. The van der Waals surface area contributed by atoms with Crippen LogP contribution in [0.2, 0.25) is 0 Å². The van der Waals surface area contributed by atoms with Crippen LogP contribution in [0.25, 0.3) is 0 Å². The molecule has 3 rings (SSSR count). The molecule has 0 bridgehead atoms. The molecule has 1 amide bonds. The minimum absolute atomic E-state index is 0.186. The van der Waals surface area contributed by atoms with E-state index in [1.54, 1.807) is 66.7 Å². The monoisotopic (exact) mass is 426 g/mol.